The third kappa shape index (κ3) is 1.88. The Hall–Kier alpha value is -0.770. The second-order valence-corrected chi connectivity index (χ2v) is 3.51. The lowest BCUT2D eigenvalue weighted by molar-refractivity contribution is 0.154. The molecule has 0 aromatic heterocycles. The van der Waals surface area contributed by atoms with Crippen molar-refractivity contribution in [2.45, 2.75) is 19.9 Å². The molecular weight excluding hydrogens is 156 g/mol. The minimum absolute atomic E-state index is 0.0832. The number of carbonyl (C=O) groups excluding carboxylic acids is 1. The predicted molar refractivity (Wildman–Crippen MR) is 45.7 cm³/mol. The van der Waals surface area contributed by atoms with Crippen molar-refractivity contribution in [1.29, 1.82) is 0 Å². The number of rotatable bonds is 3. The first kappa shape index (κ1) is 9.32. The molecule has 12 heavy (non-hydrogen) atoms. The van der Waals surface area contributed by atoms with Crippen molar-refractivity contribution >= 4 is 6.09 Å². The van der Waals surface area contributed by atoms with Crippen molar-refractivity contribution in [2.75, 3.05) is 19.7 Å². The number of hydrogen-bond acceptors (Lipinski definition) is 3. The molecule has 0 saturated carbocycles. The van der Waals surface area contributed by atoms with Gasteiger partial charge in [-0.2, -0.15) is 0 Å². The van der Waals surface area contributed by atoms with E-state index in [2.05, 4.69) is 13.8 Å². The van der Waals surface area contributed by atoms with Crippen LogP contribution in [-0.2, 0) is 4.74 Å². The molecule has 1 aliphatic heterocycles. The Kier molecular flexibility index (Phi) is 2.92. The second kappa shape index (κ2) is 3.76. The third-order valence-corrected chi connectivity index (χ3v) is 1.91. The minimum Gasteiger partial charge on any atom is -0.447 e. The van der Waals surface area contributed by atoms with Crippen LogP contribution in [0.3, 0.4) is 0 Å². The van der Waals surface area contributed by atoms with Crippen LogP contribution >= 0.6 is 0 Å². The molecule has 2 N–H and O–H groups in total. The van der Waals surface area contributed by atoms with Gasteiger partial charge in [0.15, 0.2) is 0 Å². The molecule has 70 valence electrons. The zero-order valence-corrected chi connectivity index (χ0v) is 7.62. The summed E-state index contributed by atoms with van der Waals surface area (Å²) in [4.78, 5) is 12.8. The highest BCUT2D eigenvalue weighted by Crippen LogP contribution is 2.13. The van der Waals surface area contributed by atoms with E-state index >= 15 is 0 Å². The van der Waals surface area contributed by atoms with E-state index in [0.29, 0.717) is 19.1 Å². The molecular formula is C8H16N2O2. The molecule has 1 rings (SSSR count). The molecule has 0 aromatic carbocycles. The van der Waals surface area contributed by atoms with Crippen molar-refractivity contribution in [3.05, 3.63) is 0 Å². The van der Waals surface area contributed by atoms with Gasteiger partial charge < -0.3 is 15.4 Å². The van der Waals surface area contributed by atoms with Gasteiger partial charge in [0.25, 0.3) is 0 Å². The number of nitrogens with zero attached hydrogens (tertiary/aromatic N) is 1. The van der Waals surface area contributed by atoms with E-state index in [1.54, 1.807) is 4.90 Å². The molecule has 0 radical (unpaired) electrons. The van der Waals surface area contributed by atoms with Crippen LogP contribution in [0.2, 0.25) is 0 Å². The average molecular weight is 172 g/mol. The highest BCUT2D eigenvalue weighted by atomic mass is 16.6. The summed E-state index contributed by atoms with van der Waals surface area (Å²) in [5, 5.41) is 0. The first-order valence-electron chi connectivity index (χ1n) is 4.28. The van der Waals surface area contributed by atoms with Crippen LogP contribution in [0, 0.1) is 5.92 Å². The fourth-order valence-corrected chi connectivity index (χ4v) is 1.30. The first-order chi connectivity index (χ1) is 5.65. The largest absolute Gasteiger partial charge is 0.447 e. The van der Waals surface area contributed by atoms with Crippen LogP contribution in [0.4, 0.5) is 4.79 Å². The highest BCUT2D eigenvalue weighted by molar-refractivity contribution is 5.70. The summed E-state index contributed by atoms with van der Waals surface area (Å²) in [6.07, 6.45) is -0.223. The van der Waals surface area contributed by atoms with Gasteiger partial charge in [-0.15, -0.1) is 0 Å². The van der Waals surface area contributed by atoms with Gasteiger partial charge in [0.05, 0.1) is 6.04 Å². The summed E-state index contributed by atoms with van der Waals surface area (Å²) in [6.45, 7) is 5.81. The molecule has 4 heteroatoms. The van der Waals surface area contributed by atoms with Crippen molar-refractivity contribution in [3.8, 4) is 0 Å². The third-order valence-electron chi connectivity index (χ3n) is 1.91. The summed E-state index contributed by atoms with van der Waals surface area (Å²) >= 11 is 0. The highest BCUT2D eigenvalue weighted by Gasteiger charge is 2.31. The quantitative estimate of drug-likeness (QED) is 0.671. The van der Waals surface area contributed by atoms with E-state index in [1.807, 2.05) is 0 Å². The smallest absolute Gasteiger partial charge is 0.410 e. The minimum atomic E-state index is -0.223. The zero-order chi connectivity index (χ0) is 9.14. The normalized spacial score (nSPS) is 23.5. The molecule has 0 bridgehead atoms. The maximum absolute atomic E-state index is 11.1. The van der Waals surface area contributed by atoms with Crippen molar-refractivity contribution < 1.29 is 9.53 Å². The van der Waals surface area contributed by atoms with E-state index < -0.39 is 0 Å². The van der Waals surface area contributed by atoms with E-state index in [1.165, 1.54) is 0 Å². The molecule has 1 atom stereocenters. The van der Waals surface area contributed by atoms with Crippen molar-refractivity contribution in [1.82, 2.24) is 4.90 Å². The Balaban J connectivity index is 2.52. The molecule has 1 amide bonds. The van der Waals surface area contributed by atoms with Gasteiger partial charge in [-0.05, 0) is 5.92 Å². The van der Waals surface area contributed by atoms with Gasteiger partial charge in [0.1, 0.15) is 6.61 Å². The van der Waals surface area contributed by atoms with Crippen LogP contribution in [0.25, 0.3) is 0 Å². The first-order valence-corrected chi connectivity index (χ1v) is 4.28. The second-order valence-electron chi connectivity index (χ2n) is 3.51. The van der Waals surface area contributed by atoms with Crippen molar-refractivity contribution in [2.24, 2.45) is 11.7 Å². The number of nitrogens with two attached hydrogens (primary N) is 1. The standard InChI is InChI=1S/C8H16N2O2/c1-6(2)4-10-7(3-9)5-12-8(10)11/h6-7H,3-5,9H2,1-2H3. The molecule has 1 aliphatic rings. The van der Waals surface area contributed by atoms with Crippen molar-refractivity contribution in [3.63, 3.8) is 0 Å². The maximum atomic E-state index is 11.1. The van der Waals surface area contributed by atoms with Crippen LogP contribution in [-0.4, -0.2) is 36.7 Å². The lowest BCUT2D eigenvalue weighted by atomic mass is 10.2. The molecule has 4 nitrogen and oxygen atoms in total. The zero-order valence-electron chi connectivity index (χ0n) is 7.62. The lowest BCUT2D eigenvalue weighted by Crippen LogP contribution is -2.40. The van der Waals surface area contributed by atoms with Gasteiger partial charge in [-0.1, -0.05) is 13.8 Å². The fraction of sp³-hybridized carbons (Fsp3) is 0.875. The monoisotopic (exact) mass is 172 g/mol. The van der Waals surface area contributed by atoms with Gasteiger partial charge >= 0.3 is 6.09 Å². The fourth-order valence-electron chi connectivity index (χ4n) is 1.30. The number of carbonyl (C=O) groups is 1. The molecule has 0 aliphatic carbocycles. The summed E-state index contributed by atoms with van der Waals surface area (Å²) in [6, 6.07) is 0.0832. The van der Waals surface area contributed by atoms with Crippen LogP contribution in [0.5, 0.6) is 0 Å². The molecule has 0 spiro atoms. The number of ether oxygens (including phenoxy) is 1. The van der Waals surface area contributed by atoms with Gasteiger partial charge in [-0.25, -0.2) is 4.79 Å². The summed E-state index contributed by atoms with van der Waals surface area (Å²) < 4.78 is 4.88. The van der Waals surface area contributed by atoms with E-state index in [0.717, 1.165) is 6.54 Å². The predicted octanol–water partition coefficient (Wildman–Crippen LogP) is 0.422. The Morgan fingerprint density at radius 2 is 2.42 bits per heavy atom. The Bertz CT molecular complexity index is 170. The molecule has 1 fully saturated rings. The Labute approximate surface area is 72.7 Å². The SMILES string of the molecule is CC(C)CN1C(=O)OCC1CN. The summed E-state index contributed by atoms with van der Waals surface area (Å²) in [5.41, 5.74) is 5.49. The van der Waals surface area contributed by atoms with Gasteiger partial charge in [-0.3, -0.25) is 0 Å². The Morgan fingerprint density at radius 3 is 2.92 bits per heavy atom. The molecule has 1 heterocycles. The Morgan fingerprint density at radius 1 is 1.75 bits per heavy atom. The van der Waals surface area contributed by atoms with E-state index in [9.17, 15) is 4.79 Å². The maximum Gasteiger partial charge on any atom is 0.410 e. The number of hydrogen-bond donors (Lipinski definition) is 1. The lowest BCUT2D eigenvalue weighted by Gasteiger charge is -2.21. The number of amides is 1. The van der Waals surface area contributed by atoms with Gasteiger partial charge in [0.2, 0.25) is 0 Å². The van der Waals surface area contributed by atoms with E-state index in [-0.39, 0.29) is 12.1 Å². The molecule has 1 unspecified atom stereocenters. The van der Waals surface area contributed by atoms with Crippen LogP contribution in [0.15, 0.2) is 0 Å². The number of cyclic esters (lactones) is 1. The molecule has 0 aromatic rings. The summed E-state index contributed by atoms with van der Waals surface area (Å²) in [7, 11) is 0. The summed E-state index contributed by atoms with van der Waals surface area (Å²) in [5.74, 6) is 0.463. The van der Waals surface area contributed by atoms with Gasteiger partial charge in [0, 0.05) is 13.1 Å². The van der Waals surface area contributed by atoms with Crippen LogP contribution < -0.4 is 5.73 Å². The average Bonchev–Trinajstić information content (AvgIpc) is 2.32. The van der Waals surface area contributed by atoms with Crippen LogP contribution in [0.1, 0.15) is 13.8 Å². The molecule has 1 saturated heterocycles. The topological polar surface area (TPSA) is 55.6 Å². The van der Waals surface area contributed by atoms with E-state index in [4.69, 9.17) is 10.5 Å².